The maximum absolute atomic E-state index is 13.2. The summed E-state index contributed by atoms with van der Waals surface area (Å²) in [7, 11) is 12.2. The van der Waals surface area contributed by atoms with Gasteiger partial charge < -0.3 is 14.2 Å². The molecule has 10 heterocycles. The summed E-state index contributed by atoms with van der Waals surface area (Å²) < 4.78 is 37.6. The maximum atomic E-state index is 13.2. The molecule has 614 valence electrons. The second kappa shape index (κ2) is 37.0. The molecule has 20 rings (SSSR count). The van der Waals surface area contributed by atoms with Crippen LogP contribution in [0.15, 0.2) is 273 Å². The van der Waals surface area contributed by atoms with Gasteiger partial charge in [-0.2, -0.15) is 25.5 Å². The molecule has 10 aromatic carbocycles. The zero-order valence-electron chi connectivity index (χ0n) is 68.1. The lowest BCUT2D eigenvalue weighted by Crippen LogP contribution is -1.99. The third kappa shape index (κ3) is 17.0. The molecule has 0 amide bonds. The lowest BCUT2D eigenvalue weighted by molar-refractivity contribution is 0.415. The molecule has 0 aliphatic rings. The van der Waals surface area contributed by atoms with Gasteiger partial charge in [0.2, 0.25) is 0 Å². The highest BCUT2D eigenvalue weighted by Gasteiger charge is 2.27. The molecule has 29 heteroatoms. The van der Waals surface area contributed by atoms with Gasteiger partial charge in [-0.25, -0.2) is 27.8 Å². The number of halogens is 6. The van der Waals surface area contributed by atoms with Crippen molar-refractivity contribution in [2.24, 2.45) is 28.2 Å². The molecular formula is C95H74Cl5FN20O3. The molecule has 20 aromatic rings. The minimum atomic E-state index is -0.296. The number of hydrogen-bond donors (Lipinski definition) is 0. The number of aryl methyl sites for hydroxylation is 6. The van der Waals surface area contributed by atoms with Crippen LogP contribution in [0.5, 0.6) is 17.2 Å². The number of benzene rings is 10. The molecule has 124 heavy (non-hydrogen) atoms. The minimum absolute atomic E-state index is 0.296. The summed E-state index contributed by atoms with van der Waals surface area (Å²) in [5, 5.41) is 73.0. The highest BCUT2D eigenvalue weighted by Crippen LogP contribution is 2.44. The molecule has 0 bridgehead atoms. The number of ether oxygens (including phenoxy) is 3. The van der Waals surface area contributed by atoms with Crippen LogP contribution in [0.2, 0.25) is 25.1 Å². The van der Waals surface area contributed by atoms with Crippen molar-refractivity contribution in [3.8, 4) is 130 Å². The summed E-state index contributed by atoms with van der Waals surface area (Å²) >= 11 is 33.6. The fourth-order valence-electron chi connectivity index (χ4n) is 14.2. The lowest BCUT2D eigenvalue weighted by Gasteiger charge is -2.07. The normalized spacial score (nSPS) is 11.1. The Bertz CT molecular complexity index is 7250. The Hall–Kier alpha value is -14.3. The summed E-state index contributed by atoms with van der Waals surface area (Å²) in [5.41, 5.74) is 20.6. The molecule has 23 nitrogen and oxygen atoms in total. The van der Waals surface area contributed by atoms with E-state index in [-0.39, 0.29) is 5.82 Å². The largest absolute Gasteiger partial charge is 0.497 e. The Labute approximate surface area is 735 Å². The van der Waals surface area contributed by atoms with Crippen molar-refractivity contribution >= 4 is 113 Å². The summed E-state index contributed by atoms with van der Waals surface area (Å²) in [5.74, 6) is 1.98. The number of rotatable bonds is 14. The number of fused-ring (bicyclic) bond motifs is 5. The first kappa shape index (κ1) is 83.4. The molecule has 10 aromatic heterocycles. The third-order valence-corrected chi connectivity index (χ3v) is 22.2. The second-order valence-corrected chi connectivity index (χ2v) is 30.1. The monoisotopic (exact) mass is 1740 g/mol. The van der Waals surface area contributed by atoms with Crippen LogP contribution in [0.4, 0.5) is 4.39 Å². The van der Waals surface area contributed by atoms with Gasteiger partial charge in [0.1, 0.15) is 80.0 Å². The molecule has 0 fully saturated rings. The van der Waals surface area contributed by atoms with Gasteiger partial charge in [-0.3, -0.25) is 0 Å². The smallest absolute Gasteiger partial charge is 0.182 e. The molecule has 0 aliphatic heterocycles. The van der Waals surface area contributed by atoms with E-state index in [1.807, 2.05) is 282 Å². The van der Waals surface area contributed by atoms with Gasteiger partial charge >= 0.3 is 0 Å². The standard InChI is InChI=1S/C20H17ClN4O2.C19H15ClN4O.2C19H15ClN4.C18H12ClFN4/c1-25-20-16(18(24-25)13-5-4-6-15(11-13)27-3)17(21)19(22-23-20)12-7-9-14(26-2)10-8-12;1-24-19-15(17(23-24)13-9-6-10-14(11-13)25-2)16(20)18(21-22-19)12-7-4-3-5-8-12;1-12-7-6-10-14(11-12)18-16(20)15-17(13-8-4-3-5-9-13)23-24(2)19(15)22-21-18;1-2-24-19-15(17(23-24)13-9-5-3-6-10-13)16(20)18(21-22-19)14-11-7-4-8-12-14;1-24-18-14(16(23-24)12-7-9-13(20)10-8-12)15(19)17(21-22-18)11-5-3-2-4-6-11/h4-11H,1-3H3;3-11H,1-2H3;3-11H,1-2H3;3-12H,2H2,1H3;2-10H,1H3. The van der Waals surface area contributed by atoms with E-state index < -0.39 is 0 Å². The number of hydrogen-bond acceptors (Lipinski definition) is 18. The van der Waals surface area contributed by atoms with Crippen molar-refractivity contribution in [1.29, 1.82) is 0 Å². The molecule has 0 unspecified atom stereocenters. The number of methoxy groups -OCH3 is 3. The fourth-order valence-corrected chi connectivity index (χ4v) is 15.8. The van der Waals surface area contributed by atoms with Crippen molar-refractivity contribution < 1.29 is 18.6 Å². The van der Waals surface area contributed by atoms with Crippen molar-refractivity contribution in [3.05, 3.63) is 309 Å². The first-order chi connectivity index (χ1) is 60.4. The van der Waals surface area contributed by atoms with E-state index in [4.69, 9.17) is 77.3 Å². The van der Waals surface area contributed by atoms with E-state index in [1.54, 1.807) is 59.2 Å². The summed E-state index contributed by atoms with van der Waals surface area (Å²) in [6.45, 7) is 4.78. The second-order valence-electron chi connectivity index (χ2n) is 28.3. The van der Waals surface area contributed by atoms with Crippen LogP contribution in [-0.4, -0.2) is 121 Å². The fraction of sp³-hybridized carbons (Fsp3) is 0.105. The van der Waals surface area contributed by atoms with E-state index in [1.165, 1.54) is 12.1 Å². The van der Waals surface area contributed by atoms with Gasteiger partial charge in [-0.1, -0.05) is 258 Å². The Morgan fingerprint density at radius 3 is 0.831 bits per heavy atom. The average Bonchev–Trinajstić information content (AvgIpc) is 1.62. The molecular weight excluding hydrogens is 1670 g/mol. The van der Waals surface area contributed by atoms with E-state index in [0.29, 0.717) is 99.4 Å². The van der Waals surface area contributed by atoms with E-state index in [9.17, 15) is 4.39 Å². The van der Waals surface area contributed by atoms with Gasteiger partial charge in [-0.15, -0.1) is 51.0 Å². The van der Waals surface area contributed by atoms with Gasteiger partial charge in [0.15, 0.2) is 28.2 Å². The highest BCUT2D eigenvalue weighted by atomic mass is 35.5. The van der Waals surface area contributed by atoms with Gasteiger partial charge in [0, 0.05) is 90.4 Å². The van der Waals surface area contributed by atoms with Gasteiger partial charge in [-0.05, 0) is 92.7 Å². The topological polar surface area (TPSA) is 246 Å². The molecule has 0 N–H and O–H groups in total. The molecule has 0 saturated heterocycles. The Kier molecular flexibility index (Phi) is 24.9. The zero-order valence-corrected chi connectivity index (χ0v) is 71.9. The zero-order chi connectivity index (χ0) is 86.2. The van der Waals surface area contributed by atoms with Gasteiger partial charge in [0.25, 0.3) is 0 Å². The van der Waals surface area contributed by atoms with Crippen LogP contribution in [-0.2, 0) is 34.7 Å². The maximum Gasteiger partial charge on any atom is 0.182 e. The molecule has 0 spiro atoms. The Morgan fingerprint density at radius 1 is 0.258 bits per heavy atom. The van der Waals surface area contributed by atoms with E-state index >= 15 is 0 Å². The highest BCUT2D eigenvalue weighted by molar-refractivity contribution is 6.41. The molecule has 0 atom stereocenters. The van der Waals surface area contributed by atoms with Crippen molar-refractivity contribution in [3.63, 3.8) is 0 Å². The third-order valence-electron chi connectivity index (χ3n) is 20.3. The Morgan fingerprint density at radius 2 is 0.508 bits per heavy atom. The predicted octanol–water partition coefficient (Wildman–Crippen LogP) is 22.7. The van der Waals surface area contributed by atoms with Crippen molar-refractivity contribution in [2.75, 3.05) is 21.3 Å². The van der Waals surface area contributed by atoms with Crippen LogP contribution in [0.1, 0.15) is 12.5 Å². The van der Waals surface area contributed by atoms with Gasteiger partial charge in [0.05, 0.1) is 73.4 Å². The van der Waals surface area contributed by atoms with E-state index in [2.05, 4.69) is 77.4 Å². The molecule has 0 saturated carbocycles. The lowest BCUT2D eigenvalue weighted by atomic mass is 10.1. The molecule has 0 aliphatic carbocycles. The van der Waals surface area contributed by atoms with Crippen LogP contribution < -0.4 is 14.2 Å². The number of aromatic nitrogens is 20. The minimum Gasteiger partial charge on any atom is -0.497 e. The Balaban J connectivity index is 0.000000115. The van der Waals surface area contributed by atoms with Crippen molar-refractivity contribution in [1.82, 2.24) is 99.9 Å². The molecule has 0 radical (unpaired) electrons. The first-order valence-corrected chi connectivity index (χ1v) is 40.8. The SMILES string of the molecule is CCn1nc(-c2ccccc2)c2c(Cl)c(-c3ccccc3)nnc21.COc1ccc(-c2nnc3c(c(-c4cccc(OC)c4)nn3C)c2Cl)cc1.COc1cccc(-c2nn(C)c3nnc(-c4ccccc4)c(Cl)c23)c1.Cc1cccc(-c2nnc3c(c(-c4ccccc4)nn3C)c2Cl)c1.Cn1nc(-c2ccc(F)cc2)c2c(Cl)c(-c3ccccc3)nnc21. The van der Waals surface area contributed by atoms with Crippen LogP contribution in [0.3, 0.4) is 0 Å². The van der Waals surface area contributed by atoms with E-state index in [0.717, 1.165) is 123 Å². The predicted molar refractivity (Wildman–Crippen MR) is 490 cm³/mol. The van der Waals surface area contributed by atoms with Crippen LogP contribution in [0, 0.1) is 12.7 Å². The first-order valence-electron chi connectivity index (χ1n) is 38.9. The quantitative estimate of drug-likeness (QED) is 0.0981. The summed E-state index contributed by atoms with van der Waals surface area (Å²) in [6, 6.07) is 86.5. The average molecular weight is 1740 g/mol. The van der Waals surface area contributed by atoms with Crippen LogP contribution in [0.25, 0.3) is 168 Å². The van der Waals surface area contributed by atoms with Crippen LogP contribution >= 0.6 is 58.0 Å². The summed E-state index contributed by atoms with van der Waals surface area (Å²) in [6.07, 6.45) is 0. The number of nitrogens with zero attached hydrogens (tertiary/aromatic N) is 20. The summed E-state index contributed by atoms with van der Waals surface area (Å²) in [4.78, 5) is 0. The van der Waals surface area contributed by atoms with Crippen molar-refractivity contribution in [2.45, 2.75) is 20.4 Å².